The molecule has 1 aliphatic rings. The molecule has 1 aromatic carbocycles. The first-order chi connectivity index (χ1) is 10.4. The van der Waals surface area contributed by atoms with Gasteiger partial charge in [0.05, 0.1) is 12.8 Å². The summed E-state index contributed by atoms with van der Waals surface area (Å²) in [4.78, 5) is 13.8. The molecule has 1 amide bonds. The summed E-state index contributed by atoms with van der Waals surface area (Å²) in [6, 6.07) is 6.31. The van der Waals surface area contributed by atoms with Crippen LogP contribution in [0.5, 0.6) is 5.75 Å². The SMILES string of the molecule is O=C(Cc1ccccc1O)N(CCC(F)(F)F)C1CCCC1. The smallest absolute Gasteiger partial charge is 0.390 e. The lowest BCUT2D eigenvalue weighted by atomic mass is 10.1. The summed E-state index contributed by atoms with van der Waals surface area (Å²) in [6.45, 7) is -0.305. The van der Waals surface area contributed by atoms with Gasteiger partial charge in [0.15, 0.2) is 0 Å². The summed E-state index contributed by atoms with van der Waals surface area (Å²) in [5.74, 6) is -0.351. The molecule has 0 heterocycles. The zero-order valence-corrected chi connectivity index (χ0v) is 12.3. The van der Waals surface area contributed by atoms with Crippen molar-refractivity contribution in [1.82, 2.24) is 4.90 Å². The van der Waals surface area contributed by atoms with Gasteiger partial charge in [-0.1, -0.05) is 31.0 Å². The minimum Gasteiger partial charge on any atom is -0.508 e. The van der Waals surface area contributed by atoms with Gasteiger partial charge < -0.3 is 10.0 Å². The first kappa shape index (κ1) is 16.6. The van der Waals surface area contributed by atoms with Crippen molar-refractivity contribution in [3.05, 3.63) is 29.8 Å². The van der Waals surface area contributed by atoms with E-state index in [9.17, 15) is 23.1 Å². The number of rotatable bonds is 5. The van der Waals surface area contributed by atoms with Crippen LogP contribution in [-0.2, 0) is 11.2 Å². The number of amides is 1. The molecule has 6 heteroatoms. The number of carbonyl (C=O) groups excluding carboxylic acids is 1. The summed E-state index contributed by atoms with van der Waals surface area (Å²) < 4.78 is 37.4. The van der Waals surface area contributed by atoms with Crippen molar-refractivity contribution in [2.45, 2.75) is 50.7 Å². The number of alkyl halides is 3. The molecule has 0 saturated heterocycles. The molecule has 122 valence electrons. The first-order valence-electron chi connectivity index (χ1n) is 7.50. The number of nitrogens with zero attached hydrogens (tertiary/aromatic N) is 1. The average molecular weight is 315 g/mol. The molecule has 1 N–H and O–H groups in total. The molecule has 0 unspecified atom stereocenters. The highest BCUT2D eigenvalue weighted by molar-refractivity contribution is 5.79. The monoisotopic (exact) mass is 315 g/mol. The lowest BCUT2D eigenvalue weighted by Crippen LogP contribution is -2.41. The largest absolute Gasteiger partial charge is 0.508 e. The average Bonchev–Trinajstić information content (AvgIpc) is 2.94. The topological polar surface area (TPSA) is 40.5 Å². The fraction of sp³-hybridized carbons (Fsp3) is 0.562. The van der Waals surface area contributed by atoms with Crippen LogP contribution in [0.1, 0.15) is 37.7 Å². The standard InChI is InChI=1S/C16H20F3NO2/c17-16(18,19)9-10-20(13-6-2-3-7-13)15(22)11-12-5-1-4-8-14(12)21/h1,4-5,8,13,21H,2-3,6-7,9-11H2. The molecule has 0 aliphatic heterocycles. The van der Waals surface area contributed by atoms with Crippen molar-refractivity contribution in [3.63, 3.8) is 0 Å². The minimum absolute atomic E-state index is 0.00181. The van der Waals surface area contributed by atoms with Crippen LogP contribution in [0.4, 0.5) is 13.2 Å². The van der Waals surface area contributed by atoms with Gasteiger partial charge >= 0.3 is 6.18 Å². The third-order valence-corrected chi connectivity index (χ3v) is 4.06. The van der Waals surface area contributed by atoms with Crippen molar-refractivity contribution in [2.75, 3.05) is 6.54 Å². The Labute approximate surface area is 127 Å². The van der Waals surface area contributed by atoms with E-state index in [0.29, 0.717) is 5.56 Å². The van der Waals surface area contributed by atoms with Crippen molar-refractivity contribution in [3.8, 4) is 5.75 Å². The third-order valence-electron chi connectivity index (χ3n) is 4.06. The van der Waals surface area contributed by atoms with Crippen molar-refractivity contribution >= 4 is 5.91 Å². The maximum absolute atomic E-state index is 12.5. The van der Waals surface area contributed by atoms with E-state index in [1.54, 1.807) is 18.2 Å². The Morgan fingerprint density at radius 2 is 1.86 bits per heavy atom. The van der Waals surface area contributed by atoms with E-state index in [-0.39, 0.29) is 30.7 Å². The van der Waals surface area contributed by atoms with Gasteiger partial charge in [-0.25, -0.2) is 0 Å². The van der Waals surface area contributed by atoms with Crippen molar-refractivity contribution in [2.24, 2.45) is 0 Å². The van der Waals surface area contributed by atoms with E-state index in [1.165, 1.54) is 11.0 Å². The summed E-state index contributed by atoms with van der Waals surface area (Å²) >= 11 is 0. The van der Waals surface area contributed by atoms with Crippen LogP contribution >= 0.6 is 0 Å². The lowest BCUT2D eigenvalue weighted by Gasteiger charge is -2.29. The maximum atomic E-state index is 12.5. The van der Waals surface area contributed by atoms with Crippen LogP contribution in [0, 0.1) is 0 Å². The molecule has 1 aliphatic carbocycles. The number of halogens is 3. The van der Waals surface area contributed by atoms with Gasteiger partial charge in [0.2, 0.25) is 5.91 Å². The molecule has 3 nitrogen and oxygen atoms in total. The third kappa shape index (κ3) is 4.64. The fourth-order valence-corrected chi connectivity index (χ4v) is 2.90. The number of para-hydroxylation sites is 1. The number of phenolic OH excluding ortho intramolecular Hbond substituents is 1. The molecule has 1 aromatic rings. The van der Waals surface area contributed by atoms with E-state index in [4.69, 9.17) is 0 Å². The summed E-state index contributed by atoms with van der Waals surface area (Å²) in [7, 11) is 0. The number of hydrogen-bond acceptors (Lipinski definition) is 2. The zero-order valence-electron chi connectivity index (χ0n) is 12.3. The Kier molecular flexibility index (Phi) is 5.32. The molecule has 2 rings (SSSR count). The van der Waals surface area contributed by atoms with Gasteiger partial charge in [-0.3, -0.25) is 4.79 Å². The van der Waals surface area contributed by atoms with Crippen LogP contribution in [0.15, 0.2) is 24.3 Å². The molecule has 0 spiro atoms. The van der Waals surface area contributed by atoms with Gasteiger partial charge in [-0.2, -0.15) is 13.2 Å². The summed E-state index contributed by atoms with van der Waals surface area (Å²) in [5.41, 5.74) is 0.447. The van der Waals surface area contributed by atoms with Gasteiger partial charge in [0, 0.05) is 18.2 Å². The number of carbonyl (C=O) groups is 1. The van der Waals surface area contributed by atoms with Gasteiger partial charge in [0.1, 0.15) is 5.75 Å². The van der Waals surface area contributed by atoms with E-state index in [2.05, 4.69) is 0 Å². The predicted molar refractivity (Wildman–Crippen MR) is 76.5 cm³/mol. The van der Waals surface area contributed by atoms with Crippen molar-refractivity contribution < 1.29 is 23.1 Å². The van der Waals surface area contributed by atoms with Gasteiger partial charge in [-0.05, 0) is 18.9 Å². The quantitative estimate of drug-likeness (QED) is 0.901. The Balaban J connectivity index is 2.06. The van der Waals surface area contributed by atoms with Crippen LogP contribution < -0.4 is 0 Å². The van der Waals surface area contributed by atoms with Gasteiger partial charge in [-0.15, -0.1) is 0 Å². The molecule has 22 heavy (non-hydrogen) atoms. The second-order valence-electron chi connectivity index (χ2n) is 5.70. The van der Waals surface area contributed by atoms with E-state index >= 15 is 0 Å². The Bertz CT molecular complexity index is 510. The molecular weight excluding hydrogens is 295 g/mol. The minimum atomic E-state index is -4.27. The second kappa shape index (κ2) is 7.03. The number of hydrogen-bond donors (Lipinski definition) is 1. The van der Waals surface area contributed by atoms with Crippen LogP contribution in [0.25, 0.3) is 0 Å². The Morgan fingerprint density at radius 3 is 2.45 bits per heavy atom. The highest BCUT2D eigenvalue weighted by Gasteiger charge is 2.32. The molecule has 0 atom stereocenters. The highest BCUT2D eigenvalue weighted by atomic mass is 19.4. The van der Waals surface area contributed by atoms with Crippen LogP contribution in [0.3, 0.4) is 0 Å². The maximum Gasteiger partial charge on any atom is 0.390 e. The number of aromatic hydroxyl groups is 1. The fourth-order valence-electron chi connectivity index (χ4n) is 2.90. The van der Waals surface area contributed by atoms with E-state index in [1.807, 2.05) is 0 Å². The molecule has 1 fully saturated rings. The van der Waals surface area contributed by atoms with Crippen LogP contribution in [0.2, 0.25) is 0 Å². The molecule has 0 radical (unpaired) electrons. The lowest BCUT2D eigenvalue weighted by molar-refractivity contribution is -0.147. The number of phenols is 1. The van der Waals surface area contributed by atoms with E-state index in [0.717, 1.165) is 25.7 Å². The summed E-state index contributed by atoms with van der Waals surface area (Å²) in [6.07, 6.45) is -1.94. The number of benzene rings is 1. The van der Waals surface area contributed by atoms with E-state index < -0.39 is 12.6 Å². The Morgan fingerprint density at radius 1 is 1.23 bits per heavy atom. The molecule has 0 bridgehead atoms. The molecule has 0 aromatic heterocycles. The summed E-state index contributed by atoms with van der Waals surface area (Å²) in [5, 5.41) is 9.71. The second-order valence-corrected chi connectivity index (χ2v) is 5.70. The van der Waals surface area contributed by atoms with Crippen molar-refractivity contribution in [1.29, 1.82) is 0 Å². The van der Waals surface area contributed by atoms with Crippen LogP contribution in [-0.4, -0.2) is 34.7 Å². The highest BCUT2D eigenvalue weighted by Crippen LogP contribution is 2.28. The molecular formula is C16H20F3NO2. The zero-order chi connectivity index (χ0) is 16.2. The first-order valence-corrected chi connectivity index (χ1v) is 7.50. The van der Waals surface area contributed by atoms with Gasteiger partial charge in [0.25, 0.3) is 0 Å². The Hall–Kier alpha value is -1.72. The predicted octanol–water partition coefficient (Wildman–Crippen LogP) is 3.66. The normalized spacial score (nSPS) is 16.0. The molecule has 1 saturated carbocycles.